The fourth-order valence-corrected chi connectivity index (χ4v) is 3.53. The number of hydrogen-bond acceptors (Lipinski definition) is 4. The molecule has 6 heteroatoms. The number of hydrogen-bond donors (Lipinski definition) is 1. The van der Waals surface area contributed by atoms with Crippen molar-refractivity contribution in [2.24, 2.45) is 0 Å². The third kappa shape index (κ3) is 2.78. The summed E-state index contributed by atoms with van der Waals surface area (Å²) in [6.45, 7) is 6.34. The first-order valence-corrected chi connectivity index (χ1v) is 7.65. The van der Waals surface area contributed by atoms with Gasteiger partial charge in [-0.15, -0.1) is 11.3 Å². The van der Waals surface area contributed by atoms with Gasteiger partial charge in [-0.25, -0.2) is 9.97 Å². The number of rotatable bonds is 1. The predicted molar refractivity (Wildman–Crippen MR) is 86.2 cm³/mol. The Hall–Kier alpha value is -0.400. The molecule has 0 fully saturated rings. The van der Waals surface area contributed by atoms with Gasteiger partial charge in [-0.2, -0.15) is 0 Å². The summed E-state index contributed by atoms with van der Waals surface area (Å²) in [5, 5.41) is 0. The highest BCUT2D eigenvalue weighted by molar-refractivity contribution is 14.1. The third-order valence-electron chi connectivity index (χ3n) is 2.38. The quantitative estimate of drug-likeness (QED) is 0.733. The van der Waals surface area contributed by atoms with E-state index in [-0.39, 0.29) is 5.41 Å². The van der Waals surface area contributed by atoms with Crippen molar-refractivity contribution >= 4 is 51.3 Å². The summed E-state index contributed by atoms with van der Waals surface area (Å²) in [4.78, 5) is 9.92. The van der Waals surface area contributed by atoms with E-state index in [1.807, 2.05) is 12.1 Å². The SMILES string of the molecule is CC(C)(C)c1nc(-c2ccc(Cl)s2)nc(N)c1I. The Kier molecular flexibility index (Phi) is 3.85. The molecule has 2 N–H and O–H groups in total. The van der Waals surface area contributed by atoms with Gasteiger partial charge in [0.05, 0.1) is 18.5 Å². The van der Waals surface area contributed by atoms with Crippen LogP contribution in [-0.4, -0.2) is 9.97 Å². The van der Waals surface area contributed by atoms with E-state index in [1.165, 1.54) is 11.3 Å². The fourth-order valence-electron chi connectivity index (χ4n) is 1.51. The second-order valence-electron chi connectivity index (χ2n) is 4.95. The molecule has 0 saturated carbocycles. The normalized spacial score (nSPS) is 11.8. The van der Waals surface area contributed by atoms with Gasteiger partial charge in [-0.3, -0.25) is 0 Å². The molecule has 0 aliphatic rings. The zero-order chi connectivity index (χ0) is 13.5. The summed E-state index contributed by atoms with van der Waals surface area (Å²) < 4.78 is 1.65. The number of nitrogen functional groups attached to an aromatic ring is 1. The molecule has 0 aliphatic carbocycles. The maximum absolute atomic E-state index is 5.98. The minimum absolute atomic E-state index is 0.0661. The smallest absolute Gasteiger partial charge is 0.171 e. The summed E-state index contributed by atoms with van der Waals surface area (Å²) in [6, 6.07) is 3.76. The number of halogens is 2. The zero-order valence-corrected chi connectivity index (χ0v) is 14.0. The van der Waals surface area contributed by atoms with E-state index in [0.717, 1.165) is 18.5 Å². The molecule has 0 atom stereocenters. The lowest BCUT2D eigenvalue weighted by Crippen LogP contribution is -2.18. The minimum Gasteiger partial charge on any atom is -0.383 e. The highest BCUT2D eigenvalue weighted by Crippen LogP contribution is 2.33. The van der Waals surface area contributed by atoms with Crippen molar-refractivity contribution in [3.8, 4) is 10.7 Å². The fraction of sp³-hybridized carbons (Fsp3) is 0.333. The van der Waals surface area contributed by atoms with Gasteiger partial charge in [0.25, 0.3) is 0 Å². The highest BCUT2D eigenvalue weighted by Gasteiger charge is 2.23. The van der Waals surface area contributed by atoms with Crippen LogP contribution >= 0.6 is 45.5 Å². The van der Waals surface area contributed by atoms with Crippen LogP contribution in [0.2, 0.25) is 4.34 Å². The molecule has 0 bridgehead atoms. The van der Waals surface area contributed by atoms with Gasteiger partial charge in [-0.1, -0.05) is 32.4 Å². The molecule has 96 valence electrons. The number of thiophene rings is 1. The largest absolute Gasteiger partial charge is 0.383 e. The van der Waals surface area contributed by atoms with Crippen molar-refractivity contribution in [1.29, 1.82) is 0 Å². The zero-order valence-electron chi connectivity index (χ0n) is 10.3. The molecule has 0 aliphatic heterocycles. The van der Waals surface area contributed by atoms with Crippen LogP contribution in [0.5, 0.6) is 0 Å². The van der Waals surface area contributed by atoms with Gasteiger partial charge >= 0.3 is 0 Å². The van der Waals surface area contributed by atoms with Crippen molar-refractivity contribution in [3.63, 3.8) is 0 Å². The number of nitrogens with two attached hydrogens (primary N) is 1. The van der Waals surface area contributed by atoms with E-state index in [4.69, 9.17) is 17.3 Å². The van der Waals surface area contributed by atoms with Crippen molar-refractivity contribution < 1.29 is 0 Å². The Bertz CT molecular complexity index is 589. The van der Waals surface area contributed by atoms with Gasteiger partial charge in [0.2, 0.25) is 0 Å². The van der Waals surface area contributed by atoms with Crippen molar-refractivity contribution in [2.75, 3.05) is 5.73 Å². The highest BCUT2D eigenvalue weighted by atomic mass is 127. The third-order valence-corrected chi connectivity index (χ3v) is 4.67. The van der Waals surface area contributed by atoms with Crippen LogP contribution in [0.25, 0.3) is 10.7 Å². The molecule has 0 spiro atoms. The second kappa shape index (κ2) is 4.94. The Morgan fingerprint density at radius 2 is 1.94 bits per heavy atom. The van der Waals surface area contributed by atoms with Crippen LogP contribution in [0.15, 0.2) is 12.1 Å². The van der Waals surface area contributed by atoms with Crippen LogP contribution in [0, 0.1) is 3.57 Å². The van der Waals surface area contributed by atoms with Crippen molar-refractivity contribution in [2.45, 2.75) is 26.2 Å². The predicted octanol–water partition coefficient (Wildman–Crippen LogP) is 4.34. The summed E-state index contributed by atoms with van der Waals surface area (Å²) in [7, 11) is 0. The molecule has 3 nitrogen and oxygen atoms in total. The van der Waals surface area contributed by atoms with E-state index in [1.54, 1.807) is 0 Å². The molecule has 18 heavy (non-hydrogen) atoms. The topological polar surface area (TPSA) is 51.8 Å². The summed E-state index contributed by atoms with van der Waals surface area (Å²) in [6.07, 6.45) is 0. The molecule has 2 rings (SSSR count). The molecule has 2 heterocycles. The van der Waals surface area contributed by atoms with Gasteiger partial charge in [0.15, 0.2) is 5.82 Å². The first-order chi connectivity index (χ1) is 8.29. The maximum Gasteiger partial charge on any atom is 0.171 e. The van der Waals surface area contributed by atoms with E-state index in [0.29, 0.717) is 11.6 Å². The molecule has 2 aromatic heterocycles. The number of aromatic nitrogens is 2. The van der Waals surface area contributed by atoms with Crippen LogP contribution in [0.1, 0.15) is 26.5 Å². The molecular formula is C12H13ClIN3S. The van der Waals surface area contributed by atoms with Gasteiger partial charge < -0.3 is 5.73 Å². The standard InChI is InChI=1S/C12H13ClIN3S/c1-12(2,3)9-8(14)10(15)17-11(16-9)6-4-5-7(13)18-6/h4-5H,1-3H3,(H2,15,16,17). The Balaban J connectivity index is 2.61. The molecule has 2 aromatic rings. The lowest BCUT2D eigenvalue weighted by molar-refractivity contribution is 0.564. The number of anilines is 1. The molecule has 0 saturated heterocycles. The van der Waals surface area contributed by atoms with Gasteiger partial charge in [0.1, 0.15) is 5.82 Å². The van der Waals surface area contributed by atoms with Crippen LogP contribution < -0.4 is 5.73 Å². The lowest BCUT2D eigenvalue weighted by Gasteiger charge is -2.20. The average Bonchev–Trinajstić information content (AvgIpc) is 2.67. The molecule has 0 aromatic carbocycles. The number of nitrogens with zero attached hydrogens (tertiary/aromatic N) is 2. The van der Waals surface area contributed by atoms with Crippen molar-refractivity contribution in [3.05, 3.63) is 25.7 Å². The minimum atomic E-state index is -0.0661. The van der Waals surface area contributed by atoms with Gasteiger partial charge in [0, 0.05) is 5.41 Å². The first kappa shape index (κ1) is 14.0. The summed E-state index contributed by atoms with van der Waals surface area (Å²) >= 11 is 9.60. The summed E-state index contributed by atoms with van der Waals surface area (Å²) in [5.74, 6) is 1.17. The first-order valence-electron chi connectivity index (χ1n) is 5.38. The molecule has 0 radical (unpaired) electrons. The van der Waals surface area contributed by atoms with E-state index >= 15 is 0 Å². The molecule has 0 unspecified atom stereocenters. The lowest BCUT2D eigenvalue weighted by atomic mass is 9.92. The van der Waals surface area contributed by atoms with E-state index < -0.39 is 0 Å². The van der Waals surface area contributed by atoms with E-state index in [9.17, 15) is 0 Å². The van der Waals surface area contributed by atoms with Crippen LogP contribution in [0.4, 0.5) is 5.82 Å². The van der Waals surface area contributed by atoms with Crippen LogP contribution in [0.3, 0.4) is 0 Å². The summed E-state index contributed by atoms with van der Waals surface area (Å²) in [5.41, 5.74) is 6.88. The second-order valence-corrected chi connectivity index (χ2v) is 7.74. The Morgan fingerprint density at radius 1 is 1.28 bits per heavy atom. The van der Waals surface area contributed by atoms with Gasteiger partial charge in [-0.05, 0) is 34.7 Å². The van der Waals surface area contributed by atoms with E-state index in [2.05, 4.69) is 53.3 Å². The monoisotopic (exact) mass is 393 g/mol. The Labute approximate surface area is 129 Å². The molecular weight excluding hydrogens is 381 g/mol. The van der Waals surface area contributed by atoms with Crippen molar-refractivity contribution in [1.82, 2.24) is 9.97 Å². The molecule has 0 amide bonds. The van der Waals surface area contributed by atoms with Crippen LogP contribution in [-0.2, 0) is 5.41 Å². The average molecular weight is 394 g/mol. The Morgan fingerprint density at radius 3 is 2.44 bits per heavy atom. The maximum atomic E-state index is 5.98.